The third kappa shape index (κ3) is 2.05. The standard InChI is InChI=1S/C13H13BO3/c1-3-6-11(14(15)16)13-9(2)10-7-4-5-8-12(10)17-13/h3-8,15-16H,1H2,2H3/b11-6+. The van der Waals surface area contributed by atoms with E-state index in [1.54, 1.807) is 0 Å². The normalized spacial score (nSPS) is 11.8. The topological polar surface area (TPSA) is 53.6 Å². The van der Waals surface area contributed by atoms with Crippen molar-refractivity contribution in [3.8, 4) is 0 Å². The number of benzene rings is 1. The number of para-hydroxylation sites is 1. The maximum Gasteiger partial charge on any atom is 0.492 e. The molecule has 2 rings (SSSR count). The highest BCUT2D eigenvalue weighted by atomic mass is 16.4. The SMILES string of the molecule is C=C/C=C(/B(O)O)c1oc2ccccc2c1C. The van der Waals surface area contributed by atoms with Gasteiger partial charge in [0.2, 0.25) is 0 Å². The van der Waals surface area contributed by atoms with Crippen molar-refractivity contribution < 1.29 is 14.5 Å². The van der Waals surface area contributed by atoms with Gasteiger partial charge in [-0.15, -0.1) is 0 Å². The molecule has 0 bridgehead atoms. The Labute approximate surface area is 99.8 Å². The molecule has 3 nitrogen and oxygen atoms in total. The van der Waals surface area contributed by atoms with Gasteiger partial charge in [0.1, 0.15) is 11.3 Å². The third-order valence-corrected chi connectivity index (χ3v) is 2.68. The minimum atomic E-state index is -1.58. The summed E-state index contributed by atoms with van der Waals surface area (Å²) in [5, 5.41) is 19.6. The van der Waals surface area contributed by atoms with Crippen LogP contribution >= 0.6 is 0 Å². The van der Waals surface area contributed by atoms with Crippen LogP contribution in [0.3, 0.4) is 0 Å². The molecule has 2 aromatic rings. The van der Waals surface area contributed by atoms with Gasteiger partial charge in [0.25, 0.3) is 0 Å². The molecule has 0 spiro atoms. The molecular formula is C13H13BO3. The Bertz CT molecular complexity index is 581. The Morgan fingerprint density at radius 1 is 1.35 bits per heavy atom. The average Bonchev–Trinajstić information content (AvgIpc) is 2.64. The molecule has 1 aromatic heterocycles. The lowest BCUT2D eigenvalue weighted by molar-refractivity contribution is 0.425. The molecule has 4 heteroatoms. The first-order valence-corrected chi connectivity index (χ1v) is 5.32. The number of hydrogen-bond donors (Lipinski definition) is 2. The fraction of sp³-hybridized carbons (Fsp3) is 0.0769. The van der Waals surface area contributed by atoms with Crippen LogP contribution in [0.15, 0.2) is 47.4 Å². The highest BCUT2D eigenvalue weighted by Crippen LogP contribution is 2.30. The van der Waals surface area contributed by atoms with Crippen molar-refractivity contribution in [3.63, 3.8) is 0 Å². The molecule has 1 aromatic carbocycles. The number of aryl methyl sites for hydroxylation is 1. The smallest absolute Gasteiger partial charge is 0.457 e. The van der Waals surface area contributed by atoms with Gasteiger partial charge in [0, 0.05) is 16.4 Å². The molecule has 0 aliphatic heterocycles. The van der Waals surface area contributed by atoms with Crippen LogP contribution in [0.5, 0.6) is 0 Å². The highest BCUT2D eigenvalue weighted by molar-refractivity contribution is 6.65. The van der Waals surface area contributed by atoms with Crippen molar-refractivity contribution in [1.29, 1.82) is 0 Å². The van der Waals surface area contributed by atoms with E-state index in [1.807, 2.05) is 31.2 Å². The third-order valence-electron chi connectivity index (χ3n) is 2.68. The lowest BCUT2D eigenvalue weighted by atomic mass is 9.76. The summed E-state index contributed by atoms with van der Waals surface area (Å²) in [4.78, 5) is 0. The van der Waals surface area contributed by atoms with E-state index in [0.717, 1.165) is 16.5 Å². The number of furan rings is 1. The molecule has 0 saturated heterocycles. The van der Waals surface area contributed by atoms with Gasteiger partial charge in [-0.3, -0.25) is 0 Å². The quantitative estimate of drug-likeness (QED) is 0.626. The lowest BCUT2D eigenvalue weighted by Gasteiger charge is -2.02. The van der Waals surface area contributed by atoms with Crippen LogP contribution in [0.25, 0.3) is 16.4 Å². The van der Waals surface area contributed by atoms with Crippen LogP contribution in [-0.4, -0.2) is 17.2 Å². The van der Waals surface area contributed by atoms with Crippen LogP contribution in [-0.2, 0) is 0 Å². The zero-order valence-corrected chi connectivity index (χ0v) is 9.55. The highest BCUT2D eigenvalue weighted by Gasteiger charge is 2.22. The summed E-state index contributed by atoms with van der Waals surface area (Å²) in [6.07, 6.45) is 3.04. The summed E-state index contributed by atoms with van der Waals surface area (Å²) < 4.78 is 5.64. The molecule has 1 heterocycles. The average molecular weight is 228 g/mol. The van der Waals surface area contributed by atoms with Crippen molar-refractivity contribution in [1.82, 2.24) is 0 Å². The molecule has 0 radical (unpaired) electrons. The minimum Gasteiger partial charge on any atom is -0.457 e. The summed E-state index contributed by atoms with van der Waals surface area (Å²) in [6.45, 7) is 5.44. The Morgan fingerprint density at radius 2 is 2.06 bits per heavy atom. The fourth-order valence-corrected chi connectivity index (χ4v) is 1.86. The van der Waals surface area contributed by atoms with Gasteiger partial charge in [0.05, 0.1) is 0 Å². The summed E-state index contributed by atoms with van der Waals surface area (Å²) in [6, 6.07) is 7.58. The van der Waals surface area contributed by atoms with E-state index < -0.39 is 7.12 Å². The van der Waals surface area contributed by atoms with Crippen LogP contribution in [0.2, 0.25) is 0 Å². The van der Waals surface area contributed by atoms with Gasteiger partial charge in [-0.1, -0.05) is 36.9 Å². The maximum atomic E-state index is 9.33. The summed E-state index contributed by atoms with van der Waals surface area (Å²) in [7, 11) is -1.58. The van der Waals surface area contributed by atoms with E-state index >= 15 is 0 Å². The van der Waals surface area contributed by atoms with Crippen molar-refractivity contribution in [2.24, 2.45) is 0 Å². The van der Waals surface area contributed by atoms with E-state index in [0.29, 0.717) is 11.2 Å². The monoisotopic (exact) mass is 228 g/mol. The Balaban J connectivity index is 2.66. The Hall–Kier alpha value is -1.78. The van der Waals surface area contributed by atoms with Gasteiger partial charge in [-0.2, -0.15) is 0 Å². The van der Waals surface area contributed by atoms with Crippen molar-refractivity contribution >= 4 is 23.6 Å². The van der Waals surface area contributed by atoms with Crippen LogP contribution in [0.4, 0.5) is 0 Å². The van der Waals surface area contributed by atoms with Gasteiger partial charge >= 0.3 is 7.12 Å². The first-order chi connectivity index (χ1) is 8.15. The summed E-state index contributed by atoms with van der Waals surface area (Å²) in [5.41, 5.74) is 1.94. The molecule has 0 fully saturated rings. The molecular weight excluding hydrogens is 215 g/mol. The lowest BCUT2D eigenvalue weighted by Crippen LogP contribution is -2.14. The maximum absolute atomic E-state index is 9.33. The summed E-state index contributed by atoms with van der Waals surface area (Å²) in [5.74, 6) is 0.487. The molecule has 0 saturated carbocycles. The van der Waals surface area contributed by atoms with E-state index in [-0.39, 0.29) is 0 Å². The second-order valence-electron chi connectivity index (χ2n) is 3.78. The molecule has 0 atom stereocenters. The van der Waals surface area contributed by atoms with Crippen LogP contribution in [0, 0.1) is 6.92 Å². The second-order valence-corrected chi connectivity index (χ2v) is 3.78. The molecule has 17 heavy (non-hydrogen) atoms. The van der Waals surface area contributed by atoms with Crippen LogP contribution < -0.4 is 0 Å². The van der Waals surface area contributed by atoms with Gasteiger partial charge in [-0.25, -0.2) is 0 Å². The number of hydrogen-bond acceptors (Lipinski definition) is 3. The predicted octanol–water partition coefficient (Wildman–Crippen LogP) is 2.32. The Kier molecular flexibility index (Phi) is 3.18. The number of allylic oxidation sites excluding steroid dienone is 2. The predicted molar refractivity (Wildman–Crippen MR) is 69.3 cm³/mol. The zero-order chi connectivity index (χ0) is 12.4. The van der Waals surface area contributed by atoms with E-state index in [9.17, 15) is 10.0 Å². The molecule has 0 aliphatic carbocycles. The molecule has 0 amide bonds. The van der Waals surface area contributed by atoms with Gasteiger partial charge < -0.3 is 14.5 Å². The van der Waals surface area contributed by atoms with Gasteiger partial charge in [-0.05, 0) is 13.0 Å². The largest absolute Gasteiger partial charge is 0.492 e. The number of rotatable bonds is 3. The van der Waals surface area contributed by atoms with Crippen molar-refractivity contribution in [3.05, 3.63) is 54.3 Å². The zero-order valence-electron chi connectivity index (χ0n) is 9.55. The first-order valence-electron chi connectivity index (χ1n) is 5.32. The van der Waals surface area contributed by atoms with Crippen molar-refractivity contribution in [2.45, 2.75) is 6.92 Å². The van der Waals surface area contributed by atoms with Gasteiger partial charge in [0.15, 0.2) is 0 Å². The fourth-order valence-electron chi connectivity index (χ4n) is 1.86. The van der Waals surface area contributed by atoms with Crippen LogP contribution in [0.1, 0.15) is 11.3 Å². The molecule has 0 unspecified atom stereocenters. The van der Waals surface area contributed by atoms with E-state index in [1.165, 1.54) is 12.2 Å². The van der Waals surface area contributed by atoms with E-state index in [2.05, 4.69) is 6.58 Å². The van der Waals surface area contributed by atoms with Crippen molar-refractivity contribution in [2.75, 3.05) is 0 Å². The Morgan fingerprint density at radius 3 is 2.65 bits per heavy atom. The molecule has 2 N–H and O–H groups in total. The molecule has 86 valence electrons. The number of fused-ring (bicyclic) bond motifs is 1. The molecule has 0 aliphatic rings. The second kappa shape index (κ2) is 4.61. The minimum absolute atomic E-state index is 0.314. The summed E-state index contributed by atoms with van der Waals surface area (Å²) >= 11 is 0. The first kappa shape index (κ1) is 11.7. The van der Waals surface area contributed by atoms with E-state index in [4.69, 9.17) is 4.42 Å².